The highest BCUT2D eigenvalue weighted by molar-refractivity contribution is 5.28. The van der Waals surface area contributed by atoms with Crippen molar-refractivity contribution in [1.82, 2.24) is 10.2 Å². The number of nitrogens with zero attached hydrogens (tertiary/aromatic N) is 1. The average Bonchev–Trinajstić information content (AvgIpc) is 2.60. The summed E-state index contributed by atoms with van der Waals surface area (Å²) in [6, 6.07) is 0.564. The topological polar surface area (TPSA) is 15.3 Å². The summed E-state index contributed by atoms with van der Waals surface area (Å²) in [5, 5.41) is 2.98. The molecule has 1 atom stereocenters. The van der Waals surface area contributed by atoms with E-state index in [2.05, 4.69) is 29.9 Å². The first kappa shape index (κ1) is 11.1. The van der Waals surface area contributed by atoms with Gasteiger partial charge in [-0.15, -0.1) is 0 Å². The summed E-state index contributed by atoms with van der Waals surface area (Å²) in [6.45, 7) is 5.07. The van der Waals surface area contributed by atoms with Gasteiger partial charge < -0.3 is 5.32 Å². The van der Waals surface area contributed by atoms with Gasteiger partial charge in [0.2, 0.25) is 0 Å². The molecule has 0 aromatic rings. The smallest absolute Gasteiger partial charge is 0.0345 e. The molecule has 1 rings (SSSR count). The molecule has 14 heavy (non-hydrogen) atoms. The van der Waals surface area contributed by atoms with Crippen LogP contribution in [0.1, 0.15) is 12.8 Å². The largest absolute Gasteiger partial charge is 0.394 e. The van der Waals surface area contributed by atoms with Crippen LogP contribution in [-0.4, -0.2) is 31.6 Å². The quantitative estimate of drug-likeness (QED) is 0.685. The van der Waals surface area contributed by atoms with Crippen molar-refractivity contribution in [3.8, 4) is 0 Å². The van der Waals surface area contributed by atoms with Crippen LogP contribution < -0.4 is 5.32 Å². The molecule has 1 fully saturated rings. The van der Waals surface area contributed by atoms with Gasteiger partial charge in [0.1, 0.15) is 0 Å². The Bertz CT molecular complexity index is 241. The molecule has 2 heteroatoms. The van der Waals surface area contributed by atoms with Crippen molar-refractivity contribution in [3.05, 3.63) is 36.6 Å². The molecule has 0 aliphatic carbocycles. The van der Waals surface area contributed by atoms with E-state index in [1.54, 1.807) is 0 Å². The van der Waals surface area contributed by atoms with Crippen LogP contribution in [-0.2, 0) is 0 Å². The fourth-order valence-corrected chi connectivity index (χ4v) is 1.90. The van der Waals surface area contributed by atoms with Crippen molar-refractivity contribution >= 4 is 0 Å². The predicted molar refractivity (Wildman–Crippen MR) is 62.1 cm³/mol. The van der Waals surface area contributed by atoms with E-state index in [0.29, 0.717) is 6.04 Å². The number of hydrogen-bond donors (Lipinski definition) is 1. The van der Waals surface area contributed by atoms with Gasteiger partial charge in [-0.3, -0.25) is 4.90 Å². The van der Waals surface area contributed by atoms with E-state index in [9.17, 15) is 0 Å². The third-order valence-electron chi connectivity index (χ3n) is 2.69. The Kier molecular flexibility index (Phi) is 4.47. The van der Waals surface area contributed by atoms with Gasteiger partial charge in [-0.1, -0.05) is 18.7 Å². The summed E-state index contributed by atoms with van der Waals surface area (Å²) < 4.78 is 0. The van der Waals surface area contributed by atoms with E-state index >= 15 is 0 Å². The molecule has 1 saturated heterocycles. The van der Waals surface area contributed by atoms with Crippen LogP contribution in [0.15, 0.2) is 36.6 Å². The summed E-state index contributed by atoms with van der Waals surface area (Å²) >= 11 is 0. The Morgan fingerprint density at radius 2 is 2.36 bits per heavy atom. The summed E-state index contributed by atoms with van der Waals surface area (Å²) in [7, 11) is 4.08. The molecule has 0 saturated carbocycles. The van der Waals surface area contributed by atoms with E-state index in [1.165, 1.54) is 25.0 Å². The first-order valence-electron chi connectivity index (χ1n) is 5.16. The van der Waals surface area contributed by atoms with Crippen LogP contribution in [0, 0.1) is 0 Å². The second kappa shape index (κ2) is 5.66. The highest BCUT2D eigenvalue weighted by Gasteiger charge is 2.22. The van der Waals surface area contributed by atoms with Crippen LogP contribution in [0.4, 0.5) is 0 Å². The van der Waals surface area contributed by atoms with E-state index in [0.717, 1.165) is 0 Å². The predicted octanol–water partition coefficient (Wildman–Crippen LogP) is 1.93. The van der Waals surface area contributed by atoms with Crippen LogP contribution in [0.3, 0.4) is 0 Å². The molecule has 0 aromatic heterocycles. The molecular formula is C12H20N2. The van der Waals surface area contributed by atoms with Gasteiger partial charge in [-0.2, -0.15) is 0 Å². The van der Waals surface area contributed by atoms with E-state index in [-0.39, 0.29) is 0 Å². The van der Waals surface area contributed by atoms with Gasteiger partial charge in [-0.25, -0.2) is 0 Å². The summed E-state index contributed by atoms with van der Waals surface area (Å²) in [4.78, 5) is 2.39. The fraction of sp³-hybridized carbons (Fsp3) is 0.500. The molecule has 1 heterocycles. The van der Waals surface area contributed by atoms with Gasteiger partial charge in [0.25, 0.3) is 0 Å². The monoisotopic (exact) mass is 192 g/mol. The maximum absolute atomic E-state index is 3.87. The molecule has 78 valence electrons. The molecule has 0 aromatic carbocycles. The number of allylic oxidation sites excluding steroid dienone is 2. The standard InChI is InChI=1S/C12H20N2/c1-4-11(7-5-9-13-2)12-8-6-10-14(12)3/h4-5,7,9,12-13H,1,6,8,10H2,2-3H3/b9-5-,11-7+/t12-/m0/s1. The molecule has 0 amide bonds. The molecule has 0 spiro atoms. The maximum Gasteiger partial charge on any atom is 0.0345 e. The molecule has 1 N–H and O–H groups in total. The van der Waals surface area contributed by atoms with Crippen molar-refractivity contribution in [2.75, 3.05) is 20.6 Å². The maximum atomic E-state index is 3.87. The summed E-state index contributed by atoms with van der Waals surface area (Å²) in [5.41, 5.74) is 1.32. The van der Waals surface area contributed by atoms with Gasteiger partial charge in [0.05, 0.1) is 0 Å². The molecule has 2 nitrogen and oxygen atoms in total. The van der Waals surface area contributed by atoms with E-state index in [4.69, 9.17) is 0 Å². The first-order chi connectivity index (χ1) is 6.79. The van der Waals surface area contributed by atoms with Crippen LogP contribution in [0.25, 0.3) is 0 Å². The lowest BCUT2D eigenvalue weighted by Gasteiger charge is -2.20. The normalized spacial score (nSPS) is 24.4. The van der Waals surface area contributed by atoms with Crippen molar-refractivity contribution in [1.29, 1.82) is 0 Å². The summed E-state index contributed by atoms with van der Waals surface area (Å²) in [5.74, 6) is 0. The van der Waals surface area contributed by atoms with Crippen molar-refractivity contribution in [2.24, 2.45) is 0 Å². The minimum Gasteiger partial charge on any atom is -0.394 e. The molecule has 0 radical (unpaired) electrons. The minimum absolute atomic E-state index is 0.564. The zero-order valence-corrected chi connectivity index (χ0v) is 9.16. The van der Waals surface area contributed by atoms with Gasteiger partial charge in [0, 0.05) is 13.1 Å². The molecule has 1 aliphatic heterocycles. The highest BCUT2D eigenvalue weighted by atomic mass is 15.1. The second-order valence-electron chi connectivity index (χ2n) is 3.66. The number of rotatable bonds is 4. The zero-order chi connectivity index (χ0) is 10.4. The lowest BCUT2D eigenvalue weighted by atomic mass is 10.0. The van der Waals surface area contributed by atoms with Gasteiger partial charge in [-0.05, 0) is 44.3 Å². The average molecular weight is 192 g/mol. The Morgan fingerprint density at radius 3 is 2.86 bits per heavy atom. The molecule has 0 bridgehead atoms. The van der Waals surface area contributed by atoms with Crippen LogP contribution in [0.5, 0.6) is 0 Å². The van der Waals surface area contributed by atoms with Crippen LogP contribution >= 0.6 is 0 Å². The van der Waals surface area contributed by atoms with E-state index < -0.39 is 0 Å². The van der Waals surface area contributed by atoms with Crippen molar-refractivity contribution < 1.29 is 0 Å². The SMILES string of the molecule is C=C/C(=C\C=C/NC)[C@@H]1CCCN1C. The van der Waals surface area contributed by atoms with E-state index in [1.807, 2.05) is 25.4 Å². The minimum atomic E-state index is 0.564. The lowest BCUT2D eigenvalue weighted by Crippen LogP contribution is -2.25. The molecule has 0 unspecified atom stereocenters. The molecular weight excluding hydrogens is 172 g/mol. The zero-order valence-electron chi connectivity index (χ0n) is 9.16. The third kappa shape index (κ3) is 2.74. The Labute approximate surface area is 87.0 Å². The number of likely N-dealkylation sites (tertiary alicyclic amines) is 1. The second-order valence-corrected chi connectivity index (χ2v) is 3.66. The lowest BCUT2D eigenvalue weighted by molar-refractivity contribution is 0.349. The van der Waals surface area contributed by atoms with Crippen molar-refractivity contribution in [2.45, 2.75) is 18.9 Å². The number of nitrogens with one attached hydrogen (secondary N) is 1. The Morgan fingerprint density at radius 1 is 1.57 bits per heavy atom. The van der Waals surface area contributed by atoms with Gasteiger partial charge in [0.15, 0.2) is 0 Å². The van der Waals surface area contributed by atoms with Gasteiger partial charge >= 0.3 is 0 Å². The number of likely N-dealkylation sites (N-methyl/N-ethyl adjacent to an activating group) is 1. The van der Waals surface area contributed by atoms with Crippen LogP contribution in [0.2, 0.25) is 0 Å². The first-order valence-corrected chi connectivity index (χ1v) is 5.16. The third-order valence-corrected chi connectivity index (χ3v) is 2.69. The van der Waals surface area contributed by atoms with Crippen molar-refractivity contribution in [3.63, 3.8) is 0 Å². The Balaban J connectivity index is 2.65. The summed E-state index contributed by atoms with van der Waals surface area (Å²) in [6.07, 6.45) is 10.6. The highest BCUT2D eigenvalue weighted by Crippen LogP contribution is 2.22. The molecule has 1 aliphatic rings. The fourth-order valence-electron chi connectivity index (χ4n) is 1.90. The Hall–Kier alpha value is -1.02. The number of hydrogen-bond acceptors (Lipinski definition) is 2.